The number of carbonyl (C=O) groups excluding carboxylic acids is 2. The van der Waals surface area contributed by atoms with Crippen molar-refractivity contribution >= 4 is 39.4 Å². The third-order valence-electron chi connectivity index (χ3n) is 16.2. The molecule has 5 fully saturated rings. The number of aliphatic hydroxyl groups is 1. The minimum atomic E-state index is -0.565. The zero-order chi connectivity index (χ0) is 44.6. The van der Waals surface area contributed by atoms with Crippen LogP contribution in [0.5, 0.6) is 11.5 Å². The highest BCUT2D eigenvalue weighted by Gasteiger charge is 2.57. The van der Waals surface area contributed by atoms with Crippen LogP contribution in [-0.2, 0) is 33.7 Å². The summed E-state index contributed by atoms with van der Waals surface area (Å²) in [4.78, 5) is 33.4. The van der Waals surface area contributed by atoms with Crippen LogP contribution >= 0.6 is 21.6 Å². The standard InChI is InChI=1S/C52H76N4O6S2/c1-38(57)61-44-20-19-40-30-41(47(60)45(31-40)62-43-17-5-6-18-43)35-56-36-50(34-46(56)59,33-39-14-3-2-4-15-39)28-29-54-48(53)55-52(27-13-26-51(52)24-11-12-25-51)64-63-37-49(22-9-10-23-49)21-8-7-16-42(58)32-44/h2-4,14-15,30-31,42-44,58,60H,5-13,16-29,32-37H2,1H3,(H3,53,54,55)/t42-,44+,50-,52+/m0/s1. The molecule has 4 bridgehead atoms. The SMILES string of the molecule is CC(=O)O[C@@H]1CCc2cc(c(O)c(OC3CCCC3)c2)CN2C[C@](Cc3ccccc3)(CCN=C(N)N[C@]3(CCCC34CCCC4)SSCC3(CCCC[C@H](O)C1)CCCC3)CC2=O. The number of phenols is 1. The molecule has 6 aliphatic rings. The monoisotopic (exact) mass is 917 g/mol. The quantitative estimate of drug-likeness (QED) is 0.169. The van der Waals surface area contributed by atoms with E-state index in [9.17, 15) is 19.8 Å². The number of carbonyl (C=O) groups is 2. The molecular formula is C52H76N4O6S2. The highest BCUT2D eigenvalue weighted by Crippen LogP contribution is 2.64. The topological polar surface area (TPSA) is 147 Å². The first-order chi connectivity index (χ1) is 31.0. The lowest BCUT2D eigenvalue weighted by Crippen LogP contribution is -2.55. The van der Waals surface area contributed by atoms with Crippen molar-refractivity contribution in [2.24, 2.45) is 27.0 Å². The van der Waals surface area contributed by atoms with E-state index >= 15 is 0 Å². The zero-order valence-corrected chi connectivity index (χ0v) is 40.2. The summed E-state index contributed by atoms with van der Waals surface area (Å²) in [7, 11) is 4.13. The van der Waals surface area contributed by atoms with E-state index in [-0.39, 0.29) is 46.0 Å². The van der Waals surface area contributed by atoms with Crippen LogP contribution in [0.1, 0.15) is 171 Å². The predicted molar refractivity (Wildman–Crippen MR) is 259 cm³/mol. The molecule has 2 aromatic carbocycles. The number of nitrogens with one attached hydrogen (secondary N) is 1. The maximum Gasteiger partial charge on any atom is 0.302 e. The summed E-state index contributed by atoms with van der Waals surface area (Å²) in [6, 6.07) is 14.4. The zero-order valence-electron chi connectivity index (χ0n) is 38.6. The number of aliphatic hydroxyl groups excluding tert-OH is 1. The Labute approximate surface area is 390 Å². The van der Waals surface area contributed by atoms with Gasteiger partial charge in [0.15, 0.2) is 17.5 Å². The van der Waals surface area contributed by atoms with Crippen molar-refractivity contribution in [1.82, 2.24) is 10.2 Å². The lowest BCUT2D eigenvalue weighted by atomic mass is 9.78. The highest BCUT2D eigenvalue weighted by molar-refractivity contribution is 8.77. The number of hydrogen-bond acceptors (Lipinski definition) is 11. The summed E-state index contributed by atoms with van der Waals surface area (Å²) in [5.74, 6) is 1.91. The fraction of sp³-hybridized carbons (Fsp3) is 0.712. The van der Waals surface area contributed by atoms with Crippen LogP contribution in [0.25, 0.3) is 0 Å². The van der Waals surface area contributed by atoms with Gasteiger partial charge in [-0.1, -0.05) is 96.5 Å². The van der Waals surface area contributed by atoms with Gasteiger partial charge in [0.05, 0.1) is 12.2 Å². The number of amides is 1. The minimum Gasteiger partial charge on any atom is -0.504 e. The van der Waals surface area contributed by atoms with Crippen molar-refractivity contribution in [3.8, 4) is 11.5 Å². The van der Waals surface area contributed by atoms with Crippen molar-refractivity contribution in [2.45, 2.75) is 197 Å². The largest absolute Gasteiger partial charge is 0.504 e. The first-order valence-electron chi connectivity index (χ1n) is 25.0. The molecule has 0 radical (unpaired) electrons. The molecule has 4 saturated carbocycles. The second kappa shape index (κ2) is 21.3. The van der Waals surface area contributed by atoms with E-state index < -0.39 is 12.2 Å². The molecule has 4 atom stereocenters. The number of nitrogens with two attached hydrogens (primary N) is 1. The van der Waals surface area contributed by atoms with Crippen LogP contribution in [0, 0.1) is 16.2 Å². The number of nitrogens with zero attached hydrogens (tertiary/aromatic N) is 2. The minimum absolute atomic E-state index is 0.0366. The fourth-order valence-corrected chi connectivity index (χ4v) is 17.0. The van der Waals surface area contributed by atoms with Crippen LogP contribution in [0.3, 0.4) is 0 Å². The molecule has 2 heterocycles. The number of fused-ring (bicyclic) bond motifs is 5. The van der Waals surface area contributed by atoms with Gasteiger partial charge in [0.25, 0.3) is 0 Å². The van der Waals surface area contributed by atoms with Crippen LogP contribution < -0.4 is 15.8 Å². The van der Waals surface area contributed by atoms with Gasteiger partial charge < -0.3 is 35.6 Å². The Bertz CT molecular complexity index is 1910. The predicted octanol–water partition coefficient (Wildman–Crippen LogP) is 10.5. The number of guanidine groups is 1. The molecule has 5 N–H and O–H groups in total. The molecule has 12 heteroatoms. The van der Waals surface area contributed by atoms with Gasteiger partial charge in [-0.2, -0.15) is 0 Å². The average molecular weight is 917 g/mol. The van der Waals surface area contributed by atoms with Gasteiger partial charge in [-0.05, 0) is 132 Å². The van der Waals surface area contributed by atoms with Gasteiger partial charge >= 0.3 is 5.97 Å². The number of benzene rings is 2. The number of esters is 1. The Balaban J connectivity index is 1.09. The van der Waals surface area contributed by atoms with E-state index in [0.717, 1.165) is 62.7 Å². The maximum absolute atomic E-state index is 14.2. The number of hydrogen-bond donors (Lipinski definition) is 4. The lowest BCUT2D eigenvalue weighted by Gasteiger charge is -2.44. The van der Waals surface area contributed by atoms with Crippen LogP contribution in [0.4, 0.5) is 0 Å². The second-order valence-electron chi connectivity index (χ2n) is 21.0. The average Bonchev–Trinajstić information content (AvgIpc) is 4.13. The van der Waals surface area contributed by atoms with E-state index in [0.29, 0.717) is 74.3 Å². The summed E-state index contributed by atoms with van der Waals surface area (Å²) >= 11 is 0. The van der Waals surface area contributed by atoms with Crippen LogP contribution in [-0.4, -0.2) is 75.0 Å². The van der Waals surface area contributed by atoms with Gasteiger partial charge in [-0.3, -0.25) is 14.6 Å². The molecule has 2 aromatic rings. The van der Waals surface area contributed by atoms with E-state index in [4.69, 9.17) is 20.2 Å². The Hall–Kier alpha value is -3.09. The second-order valence-corrected chi connectivity index (χ2v) is 23.6. The third-order valence-corrected chi connectivity index (χ3v) is 19.6. The number of aryl methyl sites for hydroxylation is 1. The first-order valence-corrected chi connectivity index (χ1v) is 27.4. The van der Waals surface area contributed by atoms with E-state index in [1.807, 2.05) is 23.1 Å². The molecule has 10 nitrogen and oxygen atoms in total. The van der Waals surface area contributed by atoms with Crippen molar-refractivity contribution < 1.29 is 29.3 Å². The van der Waals surface area contributed by atoms with Crippen molar-refractivity contribution in [1.29, 1.82) is 0 Å². The summed E-state index contributed by atoms with van der Waals surface area (Å²) in [5.41, 5.74) is 9.94. The third kappa shape index (κ3) is 11.5. The van der Waals surface area contributed by atoms with Crippen LogP contribution in [0.15, 0.2) is 47.5 Å². The molecule has 1 saturated heterocycles. The summed E-state index contributed by atoms with van der Waals surface area (Å²) in [6.45, 7) is 2.76. The molecule has 8 rings (SSSR count). The Morgan fingerprint density at radius 3 is 2.34 bits per heavy atom. The molecule has 352 valence electrons. The number of aliphatic imine (C=N–C) groups is 1. The molecule has 0 unspecified atom stereocenters. The fourth-order valence-electron chi connectivity index (χ4n) is 12.8. The maximum atomic E-state index is 14.2. The summed E-state index contributed by atoms with van der Waals surface area (Å²) in [5, 5.41) is 27.1. The lowest BCUT2D eigenvalue weighted by molar-refractivity contribution is -0.148. The first kappa shape index (κ1) is 47.4. The molecule has 64 heavy (non-hydrogen) atoms. The summed E-state index contributed by atoms with van der Waals surface area (Å²) in [6.07, 6.45) is 24.0. The van der Waals surface area contributed by atoms with Gasteiger partial charge in [-0.25, -0.2) is 0 Å². The van der Waals surface area contributed by atoms with Crippen molar-refractivity contribution in [2.75, 3.05) is 18.8 Å². The molecule has 0 aromatic heterocycles. The Kier molecular flexibility index (Phi) is 15.7. The van der Waals surface area contributed by atoms with Crippen molar-refractivity contribution in [3.05, 3.63) is 59.2 Å². The Morgan fingerprint density at radius 1 is 0.891 bits per heavy atom. The molecule has 3 spiro atoms. The molecule has 4 aliphatic carbocycles. The molecular weight excluding hydrogens is 841 g/mol. The normalized spacial score (nSPS) is 29.9. The van der Waals surface area contributed by atoms with Crippen LogP contribution in [0.2, 0.25) is 0 Å². The van der Waals surface area contributed by atoms with Gasteiger partial charge in [0.1, 0.15) is 11.0 Å². The number of ether oxygens (including phenoxy) is 2. The molecule has 2 aliphatic heterocycles. The molecule has 1 amide bonds. The van der Waals surface area contributed by atoms with E-state index in [2.05, 4.69) is 51.2 Å². The van der Waals surface area contributed by atoms with Gasteiger partial charge in [0, 0.05) is 61.5 Å². The number of phenolic OH excluding ortho intramolecular Hbond substituents is 1. The number of rotatable bonds is 5. The summed E-state index contributed by atoms with van der Waals surface area (Å²) < 4.78 is 12.3. The smallest absolute Gasteiger partial charge is 0.302 e. The van der Waals surface area contributed by atoms with Gasteiger partial charge in [0.2, 0.25) is 5.91 Å². The highest BCUT2D eigenvalue weighted by atomic mass is 33.1. The number of aromatic hydroxyl groups is 1. The van der Waals surface area contributed by atoms with Gasteiger partial charge in [-0.15, -0.1) is 0 Å². The van der Waals surface area contributed by atoms with E-state index in [1.54, 1.807) is 0 Å². The van der Waals surface area contributed by atoms with E-state index in [1.165, 1.54) is 83.1 Å². The van der Waals surface area contributed by atoms with Crippen molar-refractivity contribution in [3.63, 3.8) is 0 Å². The Morgan fingerprint density at radius 2 is 1.59 bits per heavy atom.